The van der Waals surface area contributed by atoms with Crippen molar-refractivity contribution in [2.24, 2.45) is 0 Å². The molecule has 0 atom stereocenters. The van der Waals surface area contributed by atoms with E-state index < -0.39 is 5.97 Å². The maximum Gasteiger partial charge on any atom is 0.303 e. The molecule has 0 saturated heterocycles. The molecule has 0 amide bonds. The number of aryl methyl sites for hydroxylation is 2. The SMILES string of the molecule is COCCCc1nc(CCC(=O)O)no1. The summed E-state index contributed by atoms with van der Waals surface area (Å²) in [4.78, 5) is 14.3. The van der Waals surface area contributed by atoms with Crippen molar-refractivity contribution < 1.29 is 19.2 Å². The number of carbonyl (C=O) groups is 1. The minimum Gasteiger partial charge on any atom is -0.481 e. The van der Waals surface area contributed by atoms with E-state index >= 15 is 0 Å². The van der Waals surface area contributed by atoms with Gasteiger partial charge in [0.1, 0.15) is 0 Å². The monoisotopic (exact) mass is 214 g/mol. The first-order valence-electron chi connectivity index (χ1n) is 4.74. The summed E-state index contributed by atoms with van der Waals surface area (Å²) in [6, 6.07) is 0. The van der Waals surface area contributed by atoms with Crippen LogP contribution in [0, 0.1) is 0 Å². The highest BCUT2D eigenvalue weighted by molar-refractivity contribution is 5.66. The highest BCUT2D eigenvalue weighted by Crippen LogP contribution is 2.03. The van der Waals surface area contributed by atoms with Gasteiger partial charge in [-0.15, -0.1) is 0 Å². The molecule has 6 nitrogen and oxygen atoms in total. The minimum atomic E-state index is -0.860. The summed E-state index contributed by atoms with van der Waals surface area (Å²) >= 11 is 0. The third-order valence-corrected chi connectivity index (χ3v) is 1.81. The lowest BCUT2D eigenvalue weighted by Gasteiger charge is -1.93. The first-order chi connectivity index (χ1) is 7.22. The van der Waals surface area contributed by atoms with Gasteiger partial charge in [0.15, 0.2) is 5.82 Å². The zero-order chi connectivity index (χ0) is 11.1. The Balaban J connectivity index is 2.32. The molecule has 0 spiro atoms. The number of rotatable bonds is 7. The fourth-order valence-electron chi connectivity index (χ4n) is 1.08. The molecule has 0 aromatic carbocycles. The standard InChI is InChI=1S/C9H14N2O4/c1-14-6-2-3-8-10-7(11-15-8)4-5-9(12)13/h2-6H2,1H3,(H,12,13). The van der Waals surface area contributed by atoms with Crippen LogP contribution in [0.3, 0.4) is 0 Å². The van der Waals surface area contributed by atoms with Gasteiger partial charge >= 0.3 is 5.97 Å². The van der Waals surface area contributed by atoms with Gasteiger partial charge in [0.2, 0.25) is 5.89 Å². The third-order valence-electron chi connectivity index (χ3n) is 1.81. The Morgan fingerprint density at radius 3 is 3.00 bits per heavy atom. The molecular weight excluding hydrogens is 200 g/mol. The molecule has 0 unspecified atom stereocenters. The summed E-state index contributed by atoms with van der Waals surface area (Å²) in [6.07, 6.45) is 1.81. The first-order valence-corrected chi connectivity index (χ1v) is 4.74. The van der Waals surface area contributed by atoms with E-state index in [1.165, 1.54) is 0 Å². The second-order valence-electron chi connectivity index (χ2n) is 3.09. The van der Waals surface area contributed by atoms with Gasteiger partial charge in [-0.2, -0.15) is 4.98 Å². The predicted molar refractivity (Wildman–Crippen MR) is 50.5 cm³/mol. The van der Waals surface area contributed by atoms with Crippen molar-refractivity contribution in [3.8, 4) is 0 Å². The van der Waals surface area contributed by atoms with E-state index in [-0.39, 0.29) is 6.42 Å². The van der Waals surface area contributed by atoms with Crippen LogP contribution in [0.25, 0.3) is 0 Å². The van der Waals surface area contributed by atoms with Crippen molar-refractivity contribution in [1.29, 1.82) is 0 Å². The van der Waals surface area contributed by atoms with Crippen LogP contribution in [-0.2, 0) is 22.4 Å². The Bertz CT molecular complexity index is 311. The zero-order valence-electron chi connectivity index (χ0n) is 8.60. The third kappa shape index (κ3) is 4.55. The Hall–Kier alpha value is -1.43. The number of aliphatic carboxylic acids is 1. The second-order valence-corrected chi connectivity index (χ2v) is 3.09. The van der Waals surface area contributed by atoms with Crippen LogP contribution in [0.5, 0.6) is 0 Å². The topological polar surface area (TPSA) is 85.5 Å². The molecule has 0 aliphatic rings. The summed E-state index contributed by atoms with van der Waals surface area (Å²) in [7, 11) is 1.63. The van der Waals surface area contributed by atoms with Crippen LogP contribution in [0.15, 0.2) is 4.52 Å². The van der Waals surface area contributed by atoms with Crippen LogP contribution in [-0.4, -0.2) is 34.9 Å². The first kappa shape index (κ1) is 11.6. The van der Waals surface area contributed by atoms with E-state index in [9.17, 15) is 4.79 Å². The molecule has 1 rings (SSSR count). The number of aromatic nitrogens is 2. The van der Waals surface area contributed by atoms with E-state index in [1.807, 2.05) is 0 Å². The molecule has 0 saturated carbocycles. The van der Waals surface area contributed by atoms with Gasteiger partial charge in [-0.05, 0) is 6.42 Å². The van der Waals surface area contributed by atoms with E-state index in [4.69, 9.17) is 14.4 Å². The molecule has 84 valence electrons. The number of carboxylic acid groups (broad SMARTS) is 1. The van der Waals surface area contributed by atoms with Gasteiger partial charge in [-0.25, -0.2) is 0 Å². The summed E-state index contributed by atoms with van der Waals surface area (Å²) in [6.45, 7) is 0.646. The predicted octanol–water partition coefficient (Wildman–Crippen LogP) is 0.666. The van der Waals surface area contributed by atoms with Crippen molar-refractivity contribution in [3.63, 3.8) is 0 Å². The van der Waals surface area contributed by atoms with E-state index in [0.29, 0.717) is 31.2 Å². The molecular formula is C9H14N2O4. The Kier molecular flexibility index (Phi) is 4.76. The summed E-state index contributed by atoms with van der Waals surface area (Å²) < 4.78 is 9.82. The molecule has 1 aromatic heterocycles. The molecule has 15 heavy (non-hydrogen) atoms. The van der Waals surface area contributed by atoms with Crippen LogP contribution >= 0.6 is 0 Å². The van der Waals surface area contributed by atoms with Gasteiger partial charge in [-0.3, -0.25) is 4.79 Å². The van der Waals surface area contributed by atoms with Crippen molar-refractivity contribution >= 4 is 5.97 Å². The summed E-state index contributed by atoms with van der Waals surface area (Å²) in [5, 5.41) is 12.1. The van der Waals surface area contributed by atoms with E-state index in [2.05, 4.69) is 10.1 Å². The Morgan fingerprint density at radius 1 is 1.53 bits per heavy atom. The van der Waals surface area contributed by atoms with Gasteiger partial charge < -0.3 is 14.4 Å². The van der Waals surface area contributed by atoms with Crippen molar-refractivity contribution in [3.05, 3.63) is 11.7 Å². The highest BCUT2D eigenvalue weighted by Gasteiger charge is 2.07. The number of hydrogen-bond acceptors (Lipinski definition) is 5. The maximum atomic E-state index is 10.3. The molecule has 0 radical (unpaired) electrons. The maximum absolute atomic E-state index is 10.3. The smallest absolute Gasteiger partial charge is 0.303 e. The van der Waals surface area contributed by atoms with Crippen molar-refractivity contribution in [2.45, 2.75) is 25.7 Å². The lowest BCUT2D eigenvalue weighted by Crippen LogP contribution is -1.99. The molecule has 1 aromatic rings. The zero-order valence-corrected chi connectivity index (χ0v) is 8.60. The summed E-state index contributed by atoms with van der Waals surface area (Å²) in [5.41, 5.74) is 0. The highest BCUT2D eigenvalue weighted by atomic mass is 16.5. The lowest BCUT2D eigenvalue weighted by atomic mass is 10.3. The fraction of sp³-hybridized carbons (Fsp3) is 0.667. The van der Waals surface area contributed by atoms with Crippen LogP contribution in [0.2, 0.25) is 0 Å². The fourth-order valence-corrected chi connectivity index (χ4v) is 1.08. The molecule has 1 N–H and O–H groups in total. The normalized spacial score (nSPS) is 10.5. The molecule has 0 aliphatic heterocycles. The number of nitrogens with zero attached hydrogens (tertiary/aromatic N) is 2. The van der Waals surface area contributed by atoms with Gasteiger partial charge in [0.25, 0.3) is 0 Å². The van der Waals surface area contributed by atoms with E-state index in [0.717, 1.165) is 6.42 Å². The summed E-state index contributed by atoms with van der Waals surface area (Å²) in [5.74, 6) is 0.123. The minimum absolute atomic E-state index is 0.0248. The molecule has 1 heterocycles. The van der Waals surface area contributed by atoms with Crippen LogP contribution in [0.4, 0.5) is 0 Å². The van der Waals surface area contributed by atoms with Gasteiger partial charge in [-0.1, -0.05) is 5.16 Å². The number of methoxy groups -OCH3 is 1. The average molecular weight is 214 g/mol. The van der Waals surface area contributed by atoms with Gasteiger partial charge in [0.05, 0.1) is 6.42 Å². The quantitative estimate of drug-likeness (QED) is 0.671. The second kappa shape index (κ2) is 6.13. The molecule has 6 heteroatoms. The average Bonchev–Trinajstić information content (AvgIpc) is 2.63. The Labute approximate surface area is 87.2 Å². The van der Waals surface area contributed by atoms with Crippen molar-refractivity contribution in [1.82, 2.24) is 10.1 Å². The molecule has 0 aliphatic carbocycles. The van der Waals surface area contributed by atoms with Crippen molar-refractivity contribution in [2.75, 3.05) is 13.7 Å². The molecule has 0 bridgehead atoms. The number of carboxylic acids is 1. The van der Waals surface area contributed by atoms with E-state index in [1.54, 1.807) is 7.11 Å². The largest absolute Gasteiger partial charge is 0.481 e. The van der Waals surface area contributed by atoms with Crippen LogP contribution < -0.4 is 0 Å². The number of hydrogen-bond donors (Lipinski definition) is 1. The number of ether oxygens (including phenoxy) is 1. The van der Waals surface area contributed by atoms with Crippen LogP contribution in [0.1, 0.15) is 24.6 Å². The molecule has 0 fully saturated rings. The lowest BCUT2D eigenvalue weighted by molar-refractivity contribution is -0.137. The Morgan fingerprint density at radius 2 is 2.33 bits per heavy atom. The van der Waals surface area contributed by atoms with Gasteiger partial charge in [0, 0.05) is 26.6 Å².